The van der Waals surface area contributed by atoms with E-state index < -0.39 is 0 Å². The SMILES string of the molecule is CCCc1nc(-c2c(Cl)cccc2OC)nc(NC)c1I. The summed E-state index contributed by atoms with van der Waals surface area (Å²) in [6.07, 6.45) is 1.92. The first kappa shape index (κ1) is 16.3. The number of benzene rings is 1. The number of halogens is 2. The van der Waals surface area contributed by atoms with Crippen LogP contribution in [0.2, 0.25) is 5.02 Å². The van der Waals surface area contributed by atoms with E-state index in [0.29, 0.717) is 16.6 Å². The minimum Gasteiger partial charge on any atom is -0.496 e. The fraction of sp³-hybridized carbons (Fsp3) is 0.333. The van der Waals surface area contributed by atoms with Gasteiger partial charge in [-0.2, -0.15) is 0 Å². The highest BCUT2D eigenvalue weighted by atomic mass is 127. The van der Waals surface area contributed by atoms with Crippen LogP contribution in [0, 0.1) is 3.57 Å². The van der Waals surface area contributed by atoms with Gasteiger partial charge < -0.3 is 10.1 Å². The Labute approximate surface area is 143 Å². The van der Waals surface area contributed by atoms with Crippen molar-refractivity contribution in [3.63, 3.8) is 0 Å². The molecular formula is C15H17ClIN3O. The van der Waals surface area contributed by atoms with E-state index >= 15 is 0 Å². The van der Waals surface area contributed by atoms with Gasteiger partial charge in [-0.1, -0.05) is 31.0 Å². The highest BCUT2D eigenvalue weighted by Crippen LogP contribution is 2.36. The fourth-order valence-electron chi connectivity index (χ4n) is 2.06. The van der Waals surface area contributed by atoms with Crippen LogP contribution in [0.3, 0.4) is 0 Å². The molecule has 6 heteroatoms. The summed E-state index contributed by atoms with van der Waals surface area (Å²) in [4.78, 5) is 9.27. The molecule has 4 nitrogen and oxygen atoms in total. The van der Waals surface area contributed by atoms with Crippen LogP contribution in [0.1, 0.15) is 19.0 Å². The van der Waals surface area contributed by atoms with Crippen LogP contribution in [0.4, 0.5) is 5.82 Å². The molecule has 1 heterocycles. The smallest absolute Gasteiger partial charge is 0.167 e. The minimum absolute atomic E-state index is 0.583. The quantitative estimate of drug-likeness (QED) is 0.732. The molecule has 0 radical (unpaired) electrons. The van der Waals surface area contributed by atoms with Gasteiger partial charge in [0.1, 0.15) is 11.6 Å². The lowest BCUT2D eigenvalue weighted by molar-refractivity contribution is 0.416. The van der Waals surface area contributed by atoms with Gasteiger partial charge in [-0.25, -0.2) is 9.97 Å². The standard InChI is InChI=1S/C15H17ClIN3O/c1-4-6-10-13(17)15(18-2)20-14(19-10)12-9(16)7-5-8-11(12)21-3/h5,7-8H,4,6H2,1-3H3,(H,18,19,20). The van der Waals surface area contributed by atoms with Gasteiger partial charge in [0.25, 0.3) is 0 Å². The van der Waals surface area contributed by atoms with Crippen LogP contribution in [-0.4, -0.2) is 24.1 Å². The van der Waals surface area contributed by atoms with Gasteiger partial charge >= 0.3 is 0 Å². The first-order chi connectivity index (χ1) is 10.1. The summed E-state index contributed by atoms with van der Waals surface area (Å²) in [6, 6.07) is 5.53. The molecule has 0 atom stereocenters. The number of rotatable bonds is 5. The molecule has 0 saturated heterocycles. The van der Waals surface area contributed by atoms with E-state index in [4.69, 9.17) is 16.3 Å². The molecule has 0 aliphatic carbocycles. The normalized spacial score (nSPS) is 10.5. The molecule has 0 bridgehead atoms. The van der Waals surface area contributed by atoms with Crippen molar-refractivity contribution in [2.75, 3.05) is 19.5 Å². The Bertz CT molecular complexity index is 649. The largest absolute Gasteiger partial charge is 0.496 e. The second kappa shape index (κ2) is 7.26. The summed E-state index contributed by atoms with van der Waals surface area (Å²) in [5.74, 6) is 2.07. The summed E-state index contributed by atoms with van der Waals surface area (Å²) in [7, 11) is 3.47. The van der Waals surface area contributed by atoms with E-state index in [1.807, 2.05) is 25.2 Å². The first-order valence-corrected chi connectivity index (χ1v) is 8.15. The van der Waals surface area contributed by atoms with Gasteiger partial charge in [-0.15, -0.1) is 0 Å². The summed E-state index contributed by atoms with van der Waals surface area (Å²) >= 11 is 8.60. The molecular weight excluding hydrogens is 401 g/mol. The van der Waals surface area contributed by atoms with Crippen LogP contribution in [0.25, 0.3) is 11.4 Å². The second-order valence-corrected chi connectivity index (χ2v) is 5.96. The van der Waals surface area contributed by atoms with Crippen molar-refractivity contribution < 1.29 is 4.74 Å². The van der Waals surface area contributed by atoms with Crippen molar-refractivity contribution in [2.24, 2.45) is 0 Å². The Balaban J connectivity index is 2.67. The van der Waals surface area contributed by atoms with Gasteiger partial charge in [0.15, 0.2) is 5.82 Å². The van der Waals surface area contributed by atoms with Crippen molar-refractivity contribution in [3.05, 3.63) is 32.5 Å². The van der Waals surface area contributed by atoms with Crippen LogP contribution < -0.4 is 10.1 Å². The number of anilines is 1. The minimum atomic E-state index is 0.583. The average Bonchev–Trinajstić information content (AvgIpc) is 2.49. The van der Waals surface area contributed by atoms with Crippen molar-refractivity contribution >= 4 is 40.0 Å². The summed E-state index contributed by atoms with van der Waals surface area (Å²) in [5, 5.41) is 3.70. The first-order valence-electron chi connectivity index (χ1n) is 6.69. The summed E-state index contributed by atoms with van der Waals surface area (Å²) < 4.78 is 6.45. The summed E-state index contributed by atoms with van der Waals surface area (Å²) in [5.41, 5.74) is 1.75. The summed E-state index contributed by atoms with van der Waals surface area (Å²) in [6.45, 7) is 2.13. The zero-order chi connectivity index (χ0) is 15.4. The molecule has 2 rings (SSSR count). The molecule has 2 aromatic rings. The molecule has 21 heavy (non-hydrogen) atoms. The van der Waals surface area contributed by atoms with Gasteiger partial charge in [-0.3, -0.25) is 0 Å². The topological polar surface area (TPSA) is 47.0 Å². The van der Waals surface area contributed by atoms with Gasteiger partial charge in [-0.05, 0) is 41.1 Å². The van der Waals surface area contributed by atoms with Crippen LogP contribution >= 0.6 is 34.2 Å². The lowest BCUT2D eigenvalue weighted by atomic mass is 10.1. The van der Waals surface area contributed by atoms with Crippen LogP contribution in [0.15, 0.2) is 18.2 Å². The molecule has 0 unspecified atom stereocenters. The van der Waals surface area contributed by atoms with Crippen molar-refractivity contribution in [1.82, 2.24) is 9.97 Å². The number of nitrogens with zero attached hydrogens (tertiary/aromatic N) is 2. The third kappa shape index (κ3) is 3.40. The van der Waals surface area contributed by atoms with Gasteiger partial charge in [0.05, 0.1) is 27.0 Å². The molecule has 1 aromatic carbocycles. The number of nitrogens with one attached hydrogen (secondary N) is 1. The van der Waals surface area contributed by atoms with E-state index in [0.717, 1.165) is 33.5 Å². The highest BCUT2D eigenvalue weighted by Gasteiger charge is 2.17. The van der Waals surface area contributed by atoms with Crippen LogP contribution in [-0.2, 0) is 6.42 Å². The molecule has 0 aliphatic rings. The molecule has 0 fully saturated rings. The maximum atomic E-state index is 6.33. The number of aryl methyl sites for hydroxylation is 1. The van der Waals surface area contributed by atoms with E-state index in [1.165, 1.54) is 0 Å². The second-order valence-electron chi connectivity index (χ2n) is 4.47. The molecule has 0 saturated carbocycles. The number of ether oxygens (including phenoxy) is 1. The van der Waals surface area contributed by atoms with E-state index in [1.54, 1.807) is 7.11 Å². The molecule has 0 aliphatic heterocycles. The molecule has 1 N–H and O–H groups in total. The van der Waals surface area contributed by atoms with E-state index in [9.17, 15) is 0 Å². The zero-order valence-corrected chi connectivity index (χ0v) is 15.1. The van der Waals surface area contributed by atoms with Gasteiger partial charge in [0.2, 0.25) is 0 Å². The van der Waals surface area contributed by atoms with Crippen LogP contribution in [0.5, 0.6) is 5.75 Å². The predicted molar refractivity (Wildman–Crippen MR) is 95.3 cm³/mol. The monoisotopic (exact) mass is 417 g/mol. The Kier molecular flexibility index (Phi) is 5.64. The lowest BCUT2D eigenvalue weighted by Crippen LogP contribution is -2.06. The highest BCUT2D eigenvalue weighted by molar-refractivity contribution is 14.1. The number of aromatic nitrogens is 2. The van der Waals surface area contributed by atoms with Gasteiger partial charge in [0, 0.05) is 7.05 Å². The maximum Gasteiger partial charge on any atom is 0.167 e. The number of methoxy groups -OCH3 is 1. The Hall–Kier alpha value is -1.08. The Morgan fingerprint density at radius 2 is 2.10 bits per heavy atom. The van der Waals surface area contributed by atoms with Crippen molar-refractivity contribution in [2.45, 2.75) is 19.8 Å². The van der Waals surface area contributed by atoms with Crippen molar-refractivity contribution in [1.29, 1.82) is 0 Å². The fourth-order valence-corrected chi connectivity index (χ4v) is 3.10. The zero-order valence-electron chi connectivity index (χ0n) is 12.2. The molecule has 1 aromatic heterocycles. The average molecular weight is 418 g/mol. The Morgan fingerprint density at radius 3 is 2.71 bits per heavy atom. The third-order valence-corrected chi connectivity index (χ3v) is 4.51. The third-order valence-electron chi connectivity index (χ3n) is 3.06. The maximum absolute atomic E-state index is 6.33. The molecule has 0 spiro atoms. The van der Waals surface area contributed by atoms with E-state index in [2.05, 4.69) is 44.8 Å². The van der Waals surface area contributed by atoms with Crippen molar-refractivity contribution in [3.8, 4) is 17.1 Å². The van der Waals surface area contributed by atoms with E-state index in [-0.39, 0.29) is 0 Å². The number of hydrogen-bond donors (Lipinski definition) is 1. The molecule has 0 amide bonds. The molecule has 112 valence electrons. The number of hydrogen-bond acceptors (Lipinski definition) is 4. The lowest BCUT2D eigenvalue weighted by Gasteiger charge is -2.13. The predicted octanol–water partition coefficient (Wildman–Crippen LogP) is 4.40. The Morgan fingerprint density at radius 1 is 1.33 bits per heavy atom.